The van der Waals surface area contributed by atoms with E-state index in [0.29, 0.717) is 12.2 Å². The predicted octanol–water partition coefficient (Wildman–Crippen LogP) is 6.78. The van der Waals surface area contributed by atoms with Gasteiger partial charge in [0.25, 0.3) is 0 Å². The second kappa shape index (κ2) is 14.3. The minimum Gasteiger partial charge on any atom is -0.462 e. The summed E-state index contributed by atoms with van der Waals surface area (Å²) in [5, 5.41) is 0. The number of unbranched alkanes of at least 4 members (excludes halogenated alkanes) is 1. The molecule has 0 bridgehead atoms. The average Bonchev–Trinajstić information content (AvgIpc) is 2.86. The summed E-state index contributed by atoms with van der Waals surface area (Å²) in [7, 11) is 0. The smallest absolute Gasteiger partial charge is 0.333 e. The van der Waals surface area contributed by atoms with Crippen molar-refractivity contribution in [2.75, 3.05) is 13.2 Å². The van der Waals surface area contributed by atoms with Gasteiger partial charge in [0, 0.05) is 5.57 Å². The van der Waals surface area contributed by atoms with E-state index in [1.165, 1.54) is 57.8 Å². The number of hydrogen-bond donors (Lipinski definition) is 0. The van der Waals surface area contributed by atoms with Gasteiger partial charge < -0.3 is 14.2 Å². The zero-order valence-corrected chi connectivity index (χ0v) is 21.7. The van der Waals surface area contributed by atoms with Crippen LogP contribution < -0.4 is 0 Å². The molecule has 0 atom stereocenters. The SMILES string of the molecule is C=C(C)C(=O)OCCO[C@H]1CC[C@H](C(=O)OC2CCC([C@H]3CC[C@H](CCCC)CC3)CC2)CC1. The number of ether oxygens (including phenoxy) is 3. The Bertz CT molecular complexity index is 635. The van der Waals surface area contributed by atoms with Crippen molar-refractivity contribution in [1.82, 2.24) is 0 Å². The first-order valence-corrected chi connectivity index (χ1v) is 14.1. The molecule has 5 heteroatoms. The summed E-state index contributed by atoms with van der Waals surface area (Å²) in [6.45, 7) is 8.14. The molecule has 3 rings (SSSR count). The molecule has 0 heterocycles. The number of hydrogen-bond acceptors (Lipinski definition) is 5. The van der Waals surface area contributed by atoms with Gasteiger partial charge in [-0.25, -0.2) is 4.79 Å². The molecule has 194 valence electrons. The molecule has 0 aliphatic heterocycles. The zero-order chi connectivity index (χ0) is 24.3. The summed E-state index contributed by atoms with van der Waals surface area (Å²) in [6, 6.07) is 0. The van der Waals surface area contributed by atoms with Gasteiger partial charge >= 0.3 is 11.9 Å². The van der Waals surface area contributed by atoms with Crippen LogP contribution in [0.3, 0.4) is 0 Å². The highest BCUT2D eigenvalue weighted by Crippen LogP contribution is 2.41. The van der Waals surface area contributed by atoms with Gasteiger partial charge in [-0.05, 0) is 88.9 Å². The van der Waals surface area contributed by atoms with Crippen LogP contribution in [0.15, 0.2) is 12.2 Å². The number of carbonyl (C=O) groups is 2. The normalized spacial score (nSPS) is 32.1. The van der Waals surface area contributed by atoms with E-state index >= 15 is 0 Å². The van der Waals surface area contributed by atoms with E-state index in [9.17, 15) is 9.59 Å². The molecule has 3 fully saturated rings. The molecule has 0 aromatic rings. The van der Waals surface area contributed by atoms with Crippen LogP contribution in [0.2, 0.25) is 0 Å². The molecular weight excluding hydrogens is 428 g/mol. The lowest BCUT2D eigenvalue weighted by Gasteiger charge is -2.38. The fourth-order valence-corrected chi connectivity index (χ4v) is 6.32. The second-order valence-electron chi connectivity index (χ2n) is 11.2. The van der Waals surface area contributed by atoms with Crippen LogP contribution in [0.25, 0.3) is 0 Å². The van der Waals surface area contributed by atoms with Gasteiger partial charge in [0.15, 0.2) is 0 Å². The predicted molar refractivity (Wildman–Crippen MR) is 134 cm³/mol. The maximum Gasteiger partial charge on any atom is 0.333 e. The Labute approximate surface area is 207 Å². The van der Waals surface area contributed by atoms with Crippen LogP contribution in [-0.2, 0) is 23.8 Å². The Morgan fingerprint density at radius 2 is 1.38 bits per heavy atom. The summed E-state index contributed by atoms with van der Waals surface area (Å²) in [5.41, 5.74) is 0.400. The topological polar surface area (TPSA) is 61.8 Å². The van der Waals surface area contributed by atoms with Crippen molar-refractivity contribution in [3.8, 4) is 0 Å². The third-order valence-electron chi connectivity index (χ3n) is 8.55. The third-order valence-corrected chi connectivity index (χ3v) is 8.55. The van der Waals surface area contributed by atoms with Gasteiger partial charge in [0.05, 0.1) is 18.6 Å². The van der Waals surface area contributed by atoms with Crippen LogP contribution >= 0.6 is 0 Å². The van der Waals surface area contributed by atoms with Crippen LogP contribution in [0.1, 0.15) is 110 Å². The molecule has 0 spiro atoms. The van der Waals surface area contributed by atoms with E-state index in [1.54, 1.807) is 6.92 Å². The molecule has 0 saturated heterocycles. The highest BCUT2D eigenvalue weighted by Gasteiger charge is 2.34. The molecule has 3 saturated carbocycles. The molecule has 34 heavy (non-hydrogen) atoms. The lowest BCUT2D eigenvalue weighted by Crippen LogP contribution is -2.33. The minimum atomic E-state index is -0.376. The van der Waals surface area contributed by atoms with Crippen molar-refractivity contribution in [3.63, 3.8) is 0 Å². The van der Waals surface area contributed by atoms with Crippen molar-refractivity contribution in [2.45, 2.75) is 122 Å². The molecule has 0 N–H and O–H groups in total. The van der Waals surface area contributed by atoms with Crippen molar-refractivity contribution in [3.05, 3.63) is 12.2 Å². The van der Waals surface area contributed by atoms with Crippen molar-refractivity contribution in [1.29, 1.82) is 0 Å². The van der Waals surface area contributed by atoms with E-state index in [-0.39, 0.29) is 36.7 Å². The first kappa shape index (κ1) is 27.2. The highest BCUT2D eigenvalue weighted by molar-refractivity contribution is 5.86. The lowest BCUT2D eigenvalue weighted by molar-refractivity contribution is -0.158. The molecule has 0 aromatic heterocycles. The minimum absolute atomic E-state index is 0.00807. The average molecular weight is 477 g/mol. The van der Waals surface area contributed by atoms with Crippen molar-refractivity contribution < 1.29 is 23.8 Å². The zero-order valence-electron chi connectivity index (χ0n) is 21.7. The maximum atomic E-state index is 12.7. The molecule has 3 aliphatic carbocycles. The van der Waals surface area contributed by atoms with Crippen LogP contribution in [-0.4, -0.2) is 37.4 Å². The Kier molecular flexibility index (Phi) is 11.4. The second-order valence-corrected chi connectivity index (χ2v) is 11.2. The van der Waals surface area contributed by atoms with Gasteiger partial charge in [-0.15, -0.1) is 0 Å². The fourth-order valence-electron chi connectivity index (χ4n) is 6.32. The number of rotatable bonds is 11. The summed E-state index contributed by atoms with van der Waals surface area (Å²) in [4.78, 5) is 24.1. The Hall–Kier alpha value is -1.36. The van der Waals surface area contributed by atoms with E-state index < -0.39 is 0 Å². The van der Waals surface area contributed by atoms with E-state index in [2.05, 4.69) is 13.5 Å². The maximum absolute atomic E-state index is 12.7. The largest absolute Gasteiger partial charge is 0.462 e. The Morgan fingerprint density at radius 3 is 1.97 bits per heavy atom. The van der Waals surface area contributed by atoms with Gasteiger partial charge in [-0.1, -0.05) is 45.6 Å². The molecule has 0 amide bonds. The van der Waals surface area contributed by atoms with Gasteiger partial charge in [0.2, 0.25) is 0 Å². The van der Waals surface area contributed by atoms with E-state index in [4.69, 9.17) is 14.2 Å². The summed E-state index contributed by atoms with van der Waals surface area (Å²) in [6.07, 6.45) is 18.1. The van der Waals surface area contributed by atoms with Crippen molar-refractivity contribution in [2.24, 2.45) is 23.7 Å². The molecular formula is C29H48O5. The van der Waals surface area contributed by atoms with Crippen LogP contribution in [0.5, 0.6) is 0 Å². The quantitative estimate of drug-likeness (QED) is 0.187. The van der Waals surface area contributed by atoms with Crippen LogP contribution in [0, 0.1) is 23.7 Å². The summed E-state index contributed by atoms with van der Waals surface area (Å²) in [5.74, 6) is 2.39. The van der Waals surface area contributed by atoms with Gasteiger partial charge in [-0.3, -0.25) is 4.79 Å². The Balaban J connectivity index is 1.26. The first-order chi connectivity index (χ1) is 16.5. The van der Waals surface area contributed by atoms with E-state index in [1.807, 2.05) is 0 Å². The summed E-state index contributed by atoms with van der Waals surface area (Å²) >= 11 is 0. The molecule has 0 unspecified atom stereocenters. The molecule has 0 radical (unpaired) electrons. The molecule has 0 aromatic carbocycles. The Morgan fingerprint density at radius 1 is 0.794 bits per heavy atom. The van der Waals surface area contributed by atoms with Gasteiger partial charge in [0.1, 0.15) is 12.7 Å². The van der Waals surface area contributed by atoms with E-state index in [0.717, 1.165) is 56.3 Å². The number of esters is 2. The third kappa shape index (κ3) is 8.70. The van der Waals surface area contributed by atoms with Gasteiger partial charge in [-0.2, -0.15) is 0 Å². The standard InChI is InChI=1S/C29H48O5/c1-4-5-6-22-7-9-23(10-8-22)24-11-17-27(18-12-24)34-29(31)25-13-15-26(16-14-25)32-19-20-33-28(30)21(2)3/h22-27H,2,4-20H2,1,3H3/t22-,23-,24?,25-,26-,27?. The first-order valence-electron chi connectivity index (χ1n) is 14.1. The van der Waals surface area contributed by atoms with Crippen molar-refractivity contribution >= 4 is 11.9 Å². The fraction of sp³-hybridized carbons (Fsp3) is 0.862. The van der Waals surface area contributed by atoms with Crippen LogP contribution in [0.4, 0.5) is 0 Å². The molecule has 3 aliphatic rings. The number of carbonyl (C=O) groups excluding carboxylic acids is 2. The highest BCUT2D eigenvalue weighted by atomic mass is 16.6. The monoisotopic (exact) mass is 476 g/mol. The summed E-state index contributed by atoms with van der Waals surface area (Å²) < 4.78 is 16.9. The lowest BCUT2D eigenvalue weighted by atomic mass is 9.70. The molecule has 5 nitrogen and oxygen atoms in total.